The average molecular weight is 282 g/mol. The van der Waals surface area contributed by atoms with Crippen molar-refractivity contribution in [2.24, 2.45) is 0 Å². The van der Waals surface area contributed by atoms with E-state index in [1.165, 1.54) is 18.2 Å². The van der Waals surface area contributed by atoms with Gasteiger partial charge in [-0.25, -0.2) is 9.36 Å². The van der Waals surface area contributed by atoms with Crippen LogP contribution in [0.25, 0.3) is 5.69 Å². The van der Waals surface area contributed by atoms with Crippen molar-refractivity contribution in [2.45, 2.75) is 13.3 Å². The number of rotatable bonds is 2. The van der Waals surface area contributed by atoms with Gasteiger partial charge in [0.05, 0.1) is 22.4 Å². The van der Waals surface area contributed by atoms with Gasteiger partial charge in [-0.05, 0) is 24.6 Å². The number of benzene rings is 1. The van der Waals surface area contributed by atoms with Crippen LogP contribution in [0.1, 0.15) is 23.6 Å². The summed E-state index contributed by atoms with van der Waals surface area (Å²) < 4.78 is 0.891. The smallest absolute Gasteiger partial charge is 0.335 e. The van der Waals surface area contributed by atoms with Crippen LogP contribution >= 0.6 is 0 Å². The molecule has 0 aliphatic carbocycles. The van der Waals surface area contributed by atoms with Crippen molar-refractivity contribution in [2.75, 3.05) is 0 Å². The summed E-state index contributed by atoms with van der Waals surface area (Å²) in [6.45, 7) is 1.67. The van der Waals surface area contributed by atoms with E-state index < -0.39 is 17.1 Å². The van der Waals surface area contributed by atoms with Gasteiger partial charge < -0.3 is 5.11 Å². The van der Waals surface area contributed by atoms with E-state index in [4.69, 9.17) is 10.5 Å². The zero-order valence-electron chi connectivity index (χ0n) is 11.0. The fraction of sp³-hybridized carbons (Fsp3) is 0.143. The topological polar surface area (TPSA) is 123 Å². The zero-order chi connectivity index (χ0) is 15.6. The van der Waals surface area contributed by atoms with E-state index in [0.29, 0.717) is 0 Å². The van der Waals surface area contributed by atoms with E-state index in [-0.39, 0.29) is 28.8 Å². The molecule has 7 heteroatoms. The Morgan fingerprint density at radius 2 is 1.90 bits per heavy atom. The third-order valence-corrected chi connectivity index (χ3v) is 3.04. The van der Waals surface area contributed by atoms with Crippen molar-refractivity contribution in [1.82, 2.24) is 9.55 Å². The van der Waals surface area contributed by atoms with E-state index >= 15 is 0 Å². The highest BCUT2D eigenvalue weighted by Crippen LogP contribution is 2.19. The Hall–Kier alpha value is -3.32. The lowest BCUT2D eigenvalue weighted by molar-refractivity contribution is 0.423. The van der Waals surface area contributed by atoms with E-state index in [2.05, 4.69) is 4.98 Å². The van der Waals surface area contributed by atoms with Gasteiger partial charge in [0, 0.05) is 0 Å². The zero-order valence-corrected chi connectivity index (χ0v) is 11.0. The number of aromatic hydroxyl groups is 1. The van der Waals surface area contributed by atoms with Gasteiger partial charge in [0.2, 0.25) is 5.88 Å². The van der Waals surface area contributed by atoms with E-state index in [1.54, 1.807) is 6.92 Å². The molecule has 0 fully saturated rings. The van der Waals surface area contributed by atoms with Gasteiger partial charge in [0.1, 0.15) is 12.1 Å². The number of hydrogen-bond acceptors (Lipinski definition) is 5. The largest absolute Gasteiger partial charge is 0.494 e. The van der Waals surface area contributed by atoms with Crippen molar-refractivity contribution < 1.29 is 5.11 Å². The average Bonchev–Trinajstić information content (AvgIpc) is 2.47. The molecule has 104 valence electrons. The highest BCUT2D eigenvalue weighted by molar-refractivity contribution is 5.52. The summed E-state index contributed by atoms with van der Waals surface area (Å²) >= 11 is 0. The second-order valence-corrected chi connectivity index (χ2v) is 4.20. The molecule has 0 aliphatic rings. The molecule has 0 saturated carbocycles. The minimum atomic E-state index is -0.816. The molecule has 0 spiro atoms. The lowest BCUT2D eigenvalue weighted by atomic mass is 10.1. The molecule has 2 aromatic rings. The summed E-state index contributed by atoms with van der Waals surface area (Å²) in [5, 5.41) is 28.0. The summed E-state index contributed by atoms with van der Waals surface area (Å²) in [5.74, 6) is -0.472. The normalized spacial score (nSPS) is 9.86. The quantitative estimate of drug-likeness (QED) is 0.832. The molecule has 0 bridgehead atoms. The number of nitrogens with one attached hydrogen (secondary N) is 1. The summed E-state index contributed by atoms with van der Waals surface area (Å²) in [4.78, 5) is 25.6. The molecule has 0 atom stereocenters. The molecule has 2 N–H and O–H groups in total. The van der Waals surface area contributed by atoms with Crippen LogP contribution in [0.3, 0.4) is 0 Å². The lowest BCUT2D eigenvalue weighted by Gasteiger charge is -2.11. The van der Waals surface area contributed by atoms with E-state index in [9.17, 15) is 14.7 Å². The summed E-state index contributed by atoms with van der Waals surface area (Å²) in [7, 11) is 0. The molecular formula is C14H10N4O3. The van der Waals surface area contributed by atoms with Crippen molar-refractivity contribution >= 4 is 0 Å². The second kappa shape index (κ2) is 5.35. The fourth-order valence-corrected chi connectivity index (χ4v) is 1.98. The Balaban J connectivity index is 2.81. The van der Waals surface area contributed by atoms with Gasteiger partial charge in [-0.3, -0.25) is 9.78 Å². The molecule has 1 aromatic heterocycles. The minimum absolute atomic E-state index is 0.0671. The Labute approximate surface area is 118 Å². The molecule has 1 aromatic carbocycles. The molecule has 0 radical (unpaired) electrons. The van der Waals surface area contributed by atoms with Crippen molar-refractivity contribution in [3.8, 4) is 23.7 Å². The Morgan fingerprint density at radius 1 is 1.24 bits per heavy atom. The van der Waals surface area contributed by atoms with Crippen LogP contribution in [0.2, 0.25) is 0 Å². The van der Waals surface area contributed by atoms with Crippen LogP contribution in [0, 0.1) is 22.7 Å². The van der Waals surface area contributed by atoms with Gasteiger partial charge in [0.15, 0.2) is 0 Å². The monoisotopic (exact) mass is 282 g/mol. The molecule has 1 heterocycles. The van der Waals surface area contributed by atoms with Gasteiger partial charge >= 0.3 is 5.69 Å². The first-order valence-electron chi connectivity index (χ1n) is 6.05. The van der Waals surface area contributed by atoms with Crippen molar-refractivity contribution in [1.29, 1.82) is 10.5 Å². The first kappa shape index (κ1) is 14.1. The number of aromatic amines is 1. The maximum absolute atomic E-state index is 11.9. The number of nitriles is 2. The molecule has 2 rings (SSSR count). The predicted octanol–water partition coefficient (Wildman–Crippen LogP) is 0.537. The van der Waals surface area contributed by atoms with Crippen molar-refractivity contribution in [3.05, 3.63) is 55.7 Å². The van der Waals surface area contributed by atoms with Gasteiger partial charge in [-0.2, -0.15) is 10.5 Å². The molecule has 0 saturated heterocycles. The SMILES string of the molecule is CCc1c(O)n(-c2ccc(C#N)c(C#N)c2)c(=O)[nH]c1=O. The highest BCUT2D eigenvalue weighted by Gasteiger charge is 2.15. The van der Waals surface area contributed by atoms with Gasteiger partial charge in [-0.15, -0.1) is 0 Å². The molecule has 0 amide bonds. The summed E-state index contributed by atoms with van der Waals surface area (Å²) in [6, 6.07) is 7.79. The molecule has 7 nitrogen and oxygen atoms in total. The fourth-order valence-electron chi connectivity index (χ4n) is 1.98. The van der Waals surface area contributed by atoms with Gasteiger partial charge in [-0.1, -0.05) is 6.92 Å². The van der Waals surface area contributed by atoms with Crippen LogP contribution < -0.4 is 11.2 Å². The summed E-state index contributed by atoms with van der Waals surface area (Å²) in [6.07, 6.45) is 0.239. The van der Waals surface area contributed by atoms with Crippen LogP contribution in [0.5, 0.6) is 5.88 Å². The third kappa shape index (κ3) is 2.28. The Kier molecular flexibility index (Phi) is 3.59. The van der Waals surface area contributed by atoms with Gasteiger partial charge in [0.25, 0.3) is 5.56 Å². The van der Waals surface area contributed by atoms with Crippen LogP contribution in [0.4, 0.5) is 0 Å². The molecule has 0 aliphatic heterocycles. The molecule has 21 heavy (non-hydrogen) atoms. The first-order valence-corrected chi connectivity index (χ1v) is 6.05. The standard InChI is InChI=1S/C14H10N4O3/c1-2-11-12(19)17-14(21)18(13(11)20)10-4-3-8(6-15)9(5-10)7-16/h3-5,20H,2H2,1H3,(H,17,19,21). The van der Waals surface area contributed by atoms with E-state index in [0.717, 1.165) is 4.57 Å². The number of aromatic nitrogens is 2. The van der Waals surface area contributed by atoms with Crippen molar-refractivity contribution in [3.63, 3.8) is 0 Å². The maximum atomic E-state index is 11.9. The van der Waals surface area contributed by atoms with E-state index in [1.807, 2.05) is 12.1 Å². The number of nitrogens with zero attached hydrogens (tertiary/aromatic N) is 3. The molecule has 0 unspecified atom stereocenters. The number of hydrogen-bond donors (Lipinski definition) is 2. The minimum Gasteiger partial charge on any atom is -0.494 e. The summed E-state index contributed by atoms with van der Waals surface area (Å²) in [5.41, 5.74) is -0.968. The van der Waals surface area contributed by atoms with Crippen LogP contribution in [-0.2, 0) is 6.42 Å². The van der Waals surface area contributed by atoms with Crippen LogP contribution in [-0.4, -0.2) is 14.7 Å². The highest BCUT2D eigenvalue weighted by atomic mass is 16.3. The number of H-pyrrole nitrogens is 1. The molecular weight excluding hydrogens is 272 g/mol. The predicted molar refractivity (Wildman–Crippen MR) is 73.1 cm³/mol. The second-order valence-electron chi connectivity index (χ2n) is 4.20. The Bertz CT molecular complexity index is 910. The first-order chi connectivity index (χ1) is 10.0. The maximum Gasteiger partial charge on any atom is 0.335 e. The van der Waals surface area contributed by atoms with Crippen LogP contribution in [0.15, 0.2) is 27.8 Å². The third-order valence-electron chi connectivity index (χ3n) is 3.04. The Morgan fingerprint density at radius 3 is 2.48 bits per heavy atom. The lowest BCUT2D eigenvalue weighted by Crippen LogP contribution is -2.31.